The summed E-state index contributed by atoms with van der Waals surface area (Å²) in [7, 11) is 0. The van der Waals surface area contributed by atoms with Gasteiger partial charge in [-0.05, 0) is 30.0 Å². The summed E-state index contributed by atoms with van der Waals surface area (Å²) in [5.74, 6) is 0.260. The van der Waals surface area contributed by atoms with E-state index in [1.54, 1.807) is 6.20 Å². The van der Waals surface area contributed by atoms with Crippen LogP contribution in [-0.2, 0) is 11.2 Å². The van der Waals surface area contributed by atoms with Gasteiger partial charge in [-0.15, -0.1) is 0 Å². The molecule has 1 aromatic heterocycles. The van der Waals surface area contributed by atoms with Crippen LogP contribution in [0.5, 0.6) is 0 Å². The van der Waals surface area contributed by atoms with Gasteiger partial charge in [0.25, 0.3) is 0 Å². The molecule has 0 aliphatic carbocycles. The maximum atomic E-state index is 12.5. The van der Waals surface area contributed by atoms with Gasteiger partial charge in [0.05, 0.1) is 0 Å². The minimum absolute atomic E-state index is 0.260. The van der Waals surface area contributed by atoms with Crippen molar-refractivity contribution in [1.29, 1.82) is 0 Å². The lowest BCUT2D eigenvalue weighted by molar-refractivity contribution is -0.131. The summed E-state index contributed by atoms with van der Waals surface area (Å²) in [6.07, 6.45) is 10.4. The second kappa shape index (κ2) is 9.88. The molecule has 1 saturated heterocycles. The van der Waals surface area contributed by atoms with Gasteiger partial charge in [0.2, 0.25) is 5.91 Å². The number of pyridine rings is 1. The van der Waals surface area contributed by atoms with E-state index in [4.69, 9.17) is 0 Å². The van der Waals surface area contributed by atoms with Crippen LogP contribution in [0.15, 0.2) is 60.9 Å². The van der Waals surface area contributed by atoms with Gasteiger partial charge in [0.15, 0.2) is 0 Å². The molecule has 1 amide bonds. The second-order valence-corrected chi connectivity index (χ2v) is 6.71. The minimum atomic E-state index is 0.260. The Morgan fingerprint density at radius 3 is 2.73 bits per heavy atom. The van der Waals surface area contributed by atoms with Crippen LogP contribution >= 0.6 is 0 Å². The molecule has 0 N–H and O–H groups in total. The van der Waals surface area contributed by atoms with Crippen molar-refractivity contribution in [1.82, 2.24) is 14.8 Å². The van der Waals surface area contributed by atoms with Crippen molar-refractivity contribution in [3.63, 3.8) is 0 Å². The first-order valence-electron chi connectivity index (χ1n) is 9.42. The first-order valence-corrected chi connectivity index (χ1v) is 9.42. The smallest absolute Gasteiger partial charge is 0.222 e. The van der Waals surface area contributed by atoms with Crippen molar-refractivity contribution >= 4 is 12.0 Å². The van der Waals surface area contributed by atoms with Gasteiger partial charge in [-0.1, -0.05) is 48.6 Å². The molecular weight excluding hydrogens is 322 g/mol. The van der Waals surface area contributed by atoms with E-state index in [0.29, 0.717) is 6.42 Å². The molecule has 0 radical (unpaired) electrons. The van der Waals surface area contributed by atoms with Crippen LogP contribution in [-0.4, -0.2) is 53.4 Å². The highest BCUT2D eigenvalue weighted by Gasteiger charge is 2.18. The number of carbonyl (C=O) groups is 1. The predicted molar refractivity (Wildman–Crippen MR) is 106 cm³/mol. The summed E-state index contributed by atoms with van der Waals surface area (Å²) < 4.78 is 0. The molecule has 3 rings (SSSR count). The van der Waals surface area contributed by atoms with Gasteiger partial charge >= 0.3 is 0 Å². The lowest BCUT2D eigenvalue weighted by atomic mass is 10.1. The summed E-state index contributed by atoms with van der Waals surface area (Å²) in [4.78, 5) is 21.1. The largest absolute Gasteiger partial charge is 0.341 e. The molecule has 0 saturated carbocycles. The van der Waals surface area contributed by atoms with Crippen molar-refractivity contribution in [3.05, 3.63) is 72.1 Å². The molecule has 1 aromatic carbocycles. The standard InChI is InChI=1S/C22H27N3O/c26-22(12-11-21-9-4-13-23-19-21)25-16-6-15-24(17-18-25)14-5-10-20-7-2-1-3-8-20/h1-5,7-10,13,19H,6,11-12,14-18H2. The fourth-order valence-corrected chi connectivity index (χ4v) is 3.26. The Balaban J connectivity index is 1.42. The number of carbonyl (C=O) groups excluding carboxylic acids is 1. The predicted octanol–water partition coefficient (Wildman–Crippen LogP) is 3.26. The molecule has 136 valence electrons. The SMILES string of the molecule is O=C(CCc1cccnc1)N1CCCN(CC=Cc2ccccc2)CC1. The summed E-state index contributed by atoms with van der Waals surface area (Å²) in [6.45, 7) is 4.62. The number of nitrogens with zero attached hydrogens (tertiary/aromatic N) is 3. The van der Waals surface area contributed by atoms with E-state index in [-0.39, 0.29) is 5.91 Å². The molecule has 0 spiro atoms. The van der Waals surface area contributed by atoms with Gasteiger partial charge in [-0.25, -0.2) is 0 Å². The summed E-state index contributed by atoms with van der Waals surface area (Å²) in [6, 6.07) is 14.3. The maximum Gasteiger partial charge on any atom is 0.222 e. The Bertz CT molecular complexity index is 700. The van der Waals surface area contributed by atoms with E-state index in [1.807, 2.05) is 29.3 Å². The molecule has 0 atom stereocenters. The van der Waals surface area contributed by atoms with Crippen LogP contribution in [0.25, 0.3) is 6.08 Å². The zero-order chi connectivity index (χ0) is 18.0. The number of hydrogen-bond acceptors (Lipinski definition) is 3. The Morgan fingerprint density at radius 2 is 1.92 bits per heavy atom. The molecule has 4 heteroatoms. The van der Waals surface area contributed by atoms with Crippen molar-refractivity contribution in [2.24, 2.45) is 0 Å². The fraction of sp³-hybridized carbons (Fsp3) is 0.364. The van der Waals surface area contributed by atoms with Gasteiger partial charge in [0.1, 0.15) is 0 Å². The highest BCUT2D eigenvalue weighted by molar-refractivity contribution is 5.76. The van der Waals surface area contributed by atoms with Crippen LogP contribution < -0.4 is 0 Å². The van der Waals surface area contributed by atoms with E-state index < -0.39 is 0 Å². The van der Waals surface area contributed by atoms with Crippen molar-refractivity contribution in [2.45, 2.75) is 19.3 Å². The maximum absolute atomic E-state index is 12.5. The zero-order valence-electron chi connectivity index (χ0n) is 15.3. The molecule has 1 aliphatic heterocycles. The van der Waals surface area contributed by atoms with Crippen molar-refractivity contribution in [2.75, 3.05) is 32.7 Å². The average molecular weight is 349 g/mol. The number of hydrogen-bond donors (Lipinski definition) is 0. The monoisotopic (exact) mass is 349 g/mol. The third-order valence-corrected chi connectivity index (χ3v) is 4.77. The summed E-state index contributed by atoms with van der Waals surface area (Å²) in [5, 5.41) is 0. The molecule has 1 fully saturated rings. The number of benzene rings is 1. The van der Waals surface area contributed by atoms with Gasteiger partial charge in [0, 0.05) is 51.5 Å². The van der Waals surface area contributed by atoms with Gasteiger partial charge < -0.3 is 4.90 Å². The zero-order valence-corrected chi connectivity index (χ0v) is 15.3. The second-order valence-electron chi connectivity index (χ2n) is 6.71. The van der Waals surface area contributed by atoms with Crippen LogP contribution in [0.4, 0.5) is 0 Å². The average Bonchev–Trinajstić information content (AvgIpc) is 2.94. The molecular formula is C22H27N3O. The quantitative estimate of drug-likeness (QED) is 0.803. The molecule has 26 heavy (non-hydrogen) atoms. The molecule has 0 unspecified atom stereocenters. The Kier molecular flexibility index (Phi) is 6.96. The third-order valence-electron chi connectivity index (χ3n) is 4.77. The Morgan fingerprint density at radius 1 is 1.04 bits per heavy atom. The highest BCUT2D eigenvalue weighted by Crippen LogP contribution is 2.08. The van der Waals surface area contributed by atoms with E-state index in [2.05, 4.69) is 46.3 Å². The van der Waals surface area contributed by atoms with Crippen LogP contribution in [0.2, 0.25) is 0 Å². The van der Waals surface area contributed by atoms with Crippen molar-refractivity contribution in [3.8, 4) is 0 Å². The Labute approximate surface area is 156 Å². The number of amides is 1. The first kappa shape index (κ1) is 18.3. The summed E-state index contributed by atoms with van der Waals surface area (Å²) in [5.41, 5.74) is 2.36. The topological polar surface area (TPSA) is 36.4 Å². The lowest BCUT2D eigenvalue weighted by Crippen LogP contribution is -2.35. The van der Waals surface area contributed by atoms with Gasteiger partial charge in [-0.2, -0.15) is 0 Å². The van der Waals surface area contributed by atoms with Crippen molar-refractivity contribution < 1.29 is 4.79 Å². The van der Waals surface area contributed by atoms with Crippen LogP contribution in [0.1, 0.15) is 24.0 Å². The lowest BCUT2D eigenvalue weighted by Gasteiger charge is -2.21. The number of rotatable bonds is 6. The fourth-order valence-electron chi connectivity index (χ4n) is 3.26. The van der Waals surface area contributed by atoms with E-state index in [9.17, 15) is 4.79 Å². The minimum Gasteiger partial charge on any atom is -0.341 e. The highest BCUT2D eigenvalue weighted by atomic mass is 16.2. The van der Waals surface area contributed by atoms with Crippen LogP contribution in [0.3, 0.4) is 0 Å². The Hall–Kier alpha value is -2.46. The third kappa shape index (κ3) is 5.81. The number of aromatic nitrogens is 1. The molecule has 0 bridgehead atoms. The molecule has 1 aliphatic rings. The van der Waals surface area contributed by atoms with E-state index in [1.165, 1.54) is 5.56 Å². The van der Waals surface area contributed by atoms with E-state index >= 15 is 0 Å². The molecule has 2 heterocycles. The normalized spacial score (nSPS) is 15.9. The van der Waals surface area contributed by atoms with Gasteiger partial charge in [-0.3, -0.25) is 14.7 Å². The first-order chi connectivity index (χ1) is 12.8. The number of aryl methyl sites for hydroxylation is 1. The molecule has 4 nitrogen and oxygen atoms in total. The van der Waals surface area contributed by atoms with E-state index in [0.717, 1.165) is 51.1 Å². The summed E-state index contributed by atoms with van der Waals surface area (Å²) >= 11 is 0. The van der Waals surface area contributed by atoms with Crippen LogP contribution in [0, 0.1) is 0 Å². The molecule has 2 aromatic rings.